The van der Waals surface area contributed by atoms with Crippen LogP contribution in [0.1, 0.15) is 43.1 Å². The van der Waals surface area contributed by atoms with Crippen molar-refractivity contribution in [1.82, 2.24) is 24.6 Å². The molecule has 0 spiro atoms. The summed E-state index contributed by atoms with van der Waals surface area (Å²) in [6, 6.07) is 6.18. The van der Waals surface area contributed by atoms with Gasteiger partial charge < -0.3 is 4.90 Å². The van der Waals surface area contributed by atoms with E-state index in [9.17, 15) is 0 Å². The number of fused-ring (bicyclic) bond motifs is 4. The molecule has 154 valence electrons. The first-order valence-corrected chi connectivity index (χ1v) is 10.6. The molecule has 7 heteroatoms. The second kappa shape index (κ2) is 6.48. The van der Waals surface area contributed by atoms with E-state index < -0.39 is 5.82 Å². The van der Waals surface area contributed by atoms with Crippen molar-refractivity contribution in [2.45, 2.75) is 39.5 Å². The van der Waals surface area contributed by atoms with Crippen molar-refractivity contribution in [2.24, 2.45) is 5.41 Å². The molecule has 31 heavy (non-hydrogen) atoms. The van der Waals surface area contributed by atoms with E-state index >= 15 is 4.39 Å². The molecule has 1 fully saturated rings. The lowest BCUT2D eigenvalue weighted by atomic mass is 9.95. The van der Waals surface area contributed by atoms with Crippen LogP contribution >= 0.6 is 0 Å². The van der Waals surface area contributed by atoms with E-state index in [2.05, 4.69) is 51.0 Å². The molecular formula is C24H21FN6. The normalized spacial score (nSPS) is 16.8. The van der Waals surface area contributed by atoms with Gasteiger partial charge in [-0.1, -0.05) is 17.9 Å². The first kappa shape index (κ1) is 18.3. The predicted molar refractivity (Wildman–Crippen MR) is 117 cm³/mol. The fraction of sp³-hybridized carbons (Fsp3) is 0.333. The molecule has 4 aromatic rings. The summed E-state index contributed by atoms with van der Waals surface area (Å²) in [5.74, 6) is 8.11. The molecule has 1 aromatic carbocycles. The summed E-state index contributed by atoms with van der Waals surface area (Å²) in [6.07, 6.45) is 7.11. The number of pyridine rings is 1. The monoisotopic (exact) mass is 412 g/mol. The quantitative estimate of drug-likeness (QED) is 0.435. The molecule has 1 aliphatic carbocycles. The summed E-state index contributed by atoms with van der Waals surface area (Å²) in [6.45, 7) is 4.78. The largest absolute Gasteiger partial charge is 0.325 e. The number of anilines is 2. The van der Waals surface area contributed by atoms with Crippen molar-refractivity contribution in [3.8, 4) is 11.8 Å². The van der Waals surface area contributed by atoms with Crippen LogP contribution in [0.3, 0.4) is 0 Å². The minimum atomic E-state index is -0.403. The standard InChI is InChI=1S/C24H21FN6/c1-15-28-29-23-27-22(21-18(25)13-26-14-20(21)31(15)23)30-12-4-6-17-16(5-3-7-19(17)30)8-9-24(2)10-11-24/h3,5,7,13-14H,4,6,10-12H2,1-2H3. The number of benzene rings is 1. The van der Waals surface area contributed by atoms with Crippen LogP contribution in [-0.4, -0.2) is 31.1 Å². The lowest BCUT2D eigenvalue weighted by molar-refractivity contribution is 0.632. The van der Waals surface area contributed by atoms with Gasteiger partial charge >= 0.3 is 0 Å². The topological polar surface area (TPSA) is 59.2 Å². The van der Waals surface area contributed by atoms with Crippen LogP contribution < -0.4 is 4.90 Å². The fourth-order valence-corrected chi connectivity index (χ4v) is 4.36. The molecule has 6 rings (SSSR count). The maximum Gasteiger partial charge on any atom is 0.257 e. The van der Waals surface area contributed by atoms with Gasteiger partial charge in [0.25, 0.3) is 5.78 Å². The van der Waals surface area contributed by atoms with E-state index in [1.165, 1.54) is 24.6 Å². The fourth-order valence-electron chi connectivity index (χ4n) is 4.36. The summed E-state index contributed by atoms with van der Waals surface area (Å²) < 4.78 is 16.8. The summed E-state index contributed by atoms with van der Waals surface area (Å²) in [5, 5.41) is 8.76. The summed E-state index contributed by atoms with van der Waals surface area (Å²) in [7, 11) is 0. The Kier molecular flexibility index (Phi) is 3.82. The van der Waals surface area contributed by atoms with Crippen molar-refractivity contribution in [3.63, 3.8) is 0 Å². The van der Waals surface area contributed by atoms with Crippen molar-refractivity contribution in [3.05, 3.63) is 53.4 Å². The average Bonchev–Trinajstić information content (AvgIpc) is 3.40. The number of rotatable bonds is 1. The molecule has 3 aromatic heterocycles. The summed E-state index contributed by atoms with van der Waals surface area (Å²) in [5.41, 5.74) is 4.08. The SMILES string of the molecule is Cc1nnc2nc(N3CCCc4c(C#CC5(C)CC5)cccc43)c3c(F)cncc3n12. The molecule has 0 saturated heterocycles. The highest BCUT2D eigenvalue weighted by molar-refractivity contribution is 5.94. The van der Waals surface area contributed by atoms with Gasteiger partial charge in [-0.05, 0) is 57.2 Å². The van der Waals surface area contributed by atoms with Gasteiger partial charge in [0.2, 0.25) is 0 Å². The molecule has 0 bridgehead atoms. The lowest BCUT2D eigenvalue weighted by Gasteiger charge is -2.32. The van der Waals surface area contributed by atoms with Crippen LogP contribution in [0, 0.1) is 30.0 Å². The number of aryl methyl sites for hydroxylation is 1. The molecule has 0 unspecified atom stereocenters. The zero-order valence-corrected chi connectivity index (χ0v) is 17.5. The third-order valence-corrected chi connectivity index (χ3v) is 6.36. The third-order valence-electron chi connectivity index (χ3n) is 6.36. The number of hydrogen-bond acceptors (Lipinski definition) is 5. The molecule has 0 atom stereocenters. The van der Waals surface area contributed by atoms with Gasteiger partial charge in [0.15, 0.2) is 5.82 Å². The van der Waals surface area contributed by atoms with Crippen LogP contribution in [0.25, 0.3) is 16.7 Å². The van der Waals surface area contributed by atoms with E-state index in [0.29, 0.717) is 28.3 Å². The van der Waals surface area contributed by atoms with Crippen molar-refractivity contribution in [1.29, 1.82) is 0 Å². The minimum absolute atomic E-state index is 0.168. The lowest BCUT2D eigenvalue weighted by Crippen LogP contribution is -2.26. The van der Waals surface area contributed by atoms with Gasteiger partial charge in [-0.25, -0.2) is 4.39 Å². The Morgan fingerprint density at radius 3 is 2.87 bits per heavy atom. The molecule has 6 nitrogen and oxygen atoms in total. The Balaban J connectivity index is 1.57. The van der Waals surface area contributed by atoms with Gasteiger partial charge in [0, 0.05) is 23.2 Å². The maximum atomic E-state index is 15.1. The highest BCUT2D eigenvalue weighted by Gasteiger charge is 2.35. The highest BCUT2D eigenvalue weighted by atomic mass is 19.1. The van der Waals surface area contributed by atoms with Crippen LogP contribution in [-0.2, 0) is 6.42 Å². The molecule has 4 heterocycles. The molecule has 0 N–H and O–H groups in total. The van der Waals surface area contributed by atoms with Crippen LogP contribution in [0.5, 0.6) is 0 Å². The van der Waals surface area contributed by atoms with Gasteiger partial charge in [-0.2, -0.15) is 4.98 Å². The second-order valence-electron chi connectivity index (χ2n) is 8.70. The molecule has 1 aliphatic heterocycles. The third kappa shape index (κ3) is 2.86. The van der Waals surface area contributed by atoms with E-state index in [0.717, 1.165) is 30.6 Å². The first-order valence-electron chi connectivity index (χ1n) is 10.6. The van der Waals surface area contributed by atoms with Gasteiger partial charge in [-0.3, -0.25) is 9.38 Å². The summed E-state index contributed by atoms with van der Waals surface area (Å²) >= 11 is 0. The highest BCUT2D eigenvalue weighted by Crippen LogP contribution is 2.44. The maximum absolute atomic E-state index is 15.1. The average molecular weight is 412 g/mol. The zero-order valence-electron chi connectivity index (χ0n) is 17.5. The predicted octanol–water partition coefficient (Wildman–Crippen LogP) is 4.36. The van der Waals surface area contributed by atoms with Crippen molar-refractivity contribution in [2.75, 3.05) is 11.4 Å². The van der Waals surface area contributed by atoms with Gasteiger partial charge in [0.1, 0.15) is 11.6 Å². The molecule has 2 aliphatic rings. The van der Waals surface area contributed by atoms with E-state index in [-0.39, 0.29) is 5.41 Å². The van der Waals surface area contributed by atoms with E-state index in [1.807, 2.05) is 13.0 Å². The van der Waals surface area contributed by atoms with E-state index in [4.69, 9.17) is 4.98 Å². The number of halogens is 1. The Bertz CT molecular complexity index is 1420. The Labute approximate surface area is 179 Å². The Hall–Kier alpha value is -3.53. The molecule has 0 amide bonds. The number of aromatic nitrogens is 5. The van der Waals surface area contributed by atoms with Crippen LogP contribution in [0.15, 0.2) is 30.6 Å². The van der Waals surface area contributed by atoms with Crippen molar-refractivity contribution < 1.29 is 4.39 Å². The number of nitrogens with zero attached hydrogens (tertiary/aromatic N) is 6. The molecule has 1 saturated carbocycles. The van der Waals surface area contributed by atoms with Gasteiger partial charge in [0.05, 0.1) is 23.3 Å². The molecular weight excluding hydrogens is 391 g/mol. The minimum Gasteiger partial charge on any atom is -0.325 e. The second-order valence-corrected chi connectivity index (χ2v) is 8.70. The Morgan fingerprint density at radius 2 is 2.03 bits per heavy atom. The smallest absolute Gasteiger partial charge is 0.257 e. The summed E-state index contributed by atoms with van der Waals surface area (Å²) in [4.78, 5) is 10.9. The van der Waals surface area contributed by atoms with Crippen molar-refractivity contribution >= 4 is 28.2 Å². The van der Waals surface area contributed by atoms with E-state index in [1.54, 1.807) is 10.6 Å². The van der Waals surface area contributed by atoms with Crippen LogP contribution in [0.4, 0.5) is 15.9 Å². The number of hydrogen-bond donors (Lipinski definition) is 0. The van der Waals surface area contributed by atoms with Crippen LogP contribution in [0.2, 0.25) is 0 Å². The Morgan fingerprint density at radius 1 is 1.16 bits per heavy atom. The zero-order chi connectivity index (χ0) is 21.2. The molecule has 0 radical (unpaired) electrons. The first-order chi connectivity index (χ1) is 15.0. The van der Waals surface area contributed by atoms with Gasteiger partial charge in [-0.15, -0.1) is 10.2 Å².